The number of nitrogens with zero attached hydrogens (tertiary/aromatic N) is 1. The van der Waals surface area contributed by atoms with Crippen molar-refractivity contribution in [3.05, 3.63) is 34.8 Å². The van der Waals surface area contributed by atoms with E-state index >= 15 is 0 Å². The van der Waals surface area contributed by atoms with Crippen molar-refractivity contribution < 1.29 is 9.26 Å². The van der Waals surface area contributed by atoms with E-state index < -0.39 is 0 Å². The van der Waals surface area contributed by atoms with E-state index in [0.29, 0.717) is 12.4 Å². The van der Waals surface area contributed by atoms with Crippen LogP contribution in [0.2, 0.25) is 0 Å². The Morgan fingerprint density at radius 2 is 2.67 bits per heavy atom. The number of hydrogen-bond acceptors (Lipinski definition) is 4. The number of hydrogen-bond donors (Lipinski definition) is 0. The molecule has 12 heavy (non-hydrogen) atoms. The van der Waals surface area contributed by atoms with Gasteiger partial charge in [0.2, 0.25) is 0 Å². The van der Waals surface area contributed by atoms with E-state index in [4.69, 9.17) is 4.74 Å². The van der Waals surface area contributed by atoms with Crippen LogP contribution in [0.15, 0.2) is 28.3 Å². The van der Waals surface area contributed by atoms with Crippen LogP contribution in [0.25, 0.3) is 0 Å². The Morgan fingerprint density at radius 1 is 1.67 bits per heavy atom. The standard InChI is InChI=1S/C8H6NO2S/c1-2-8(12-3-1)6-10-7-4-9-11-5-7/h1-3,5H,6H2. The lowest BCUT2D eigenvalue weighted by Crippen LogP contribution is -1.90. The molecule has 0 aliphatic rings. The van der Waals surface area contributed by atoms with Gasteiger partial charge in [0.25, 0.3) is 0 Å². The van der Waals surface area contributed by atoms with Gasteiger partial charge in [-0.1, -0.05) is 11.2 Å². The summed E-state index contributed by atoms with van der Waals surface area (Å²) in [6.07, 6.45) is 3.99. The third kappa shape index (κ3) is 1.65. The van der Waals surface area contributed by atoms with Gasteiger partial charge in [0, 0.05) is 4.88 Å². The molecule has 2 aromatic rings. The van der Waals surface area contributed by atoms with E-state index in [1.807, 2.05) is 17.5 Å². The normalized spacial score (nSPS) is 10.0. The van der Waals surface area contributed by atoms with E-state index in [1.54, 1.807) is 11.3 Å². The first-order valence-electron chi connectivity index (χ1n) is 3.42. The molecule has 61 valence electrons. The van der Waals surface area contributed by atoms with Crippen LogP contribution >= 0.6 is 11.3 Å². The molecule has 0 saturated carbocycles. The van der Waals surface area contributed by atoms with Crippen molar-refractivity contribution in [3.63, 3.8) is 0 Å². The smallest absolute Gasteiger partial charge is 0.189 e. The second kappa shape index (κ2) is 3.40. The number of aromatic nitrogens is 1. The second-order valence-electron chi connectivity index (χ2n) is 2.16. The molecule has 2 rings (SSSR count). The van der Waals surface area contributed by atoms with Crippen molar-refractivity contribution in [2.24, 2.45) is 0 Å². The highest BCUT2D eigenvalue weighted by molar-refractivity contribution is 7.09. The fourth-order valence-electron chi connectivity index (χ4n) is 0.782. The predicted octanol–water partition coefficient (Wildman–Crippen LogP) is 2.12. The molecule has 0 unspecified atom stereocenters. The lowest BCUT2D eigenvalue weighted by atomic mass is 10.5. The molecule has 0 atom stereocenters. The Balaban J connectivity index is 1.91. The SMILES string of the molecule is [c]1nocc1OCc1cccs1. The molecule has 0 spiro atoms. The minimum absolute atomic E-state index is 0.545. The molecule has 0 aromatic carbocycles. The lowest BCUT2D eigenvalue weighted by Gasteiger charge is -1.97. The van der Waals surface area contributed by atoms with Crippen molar-refractivity contribution in [2.45, 2.75) is 6.61 Å². The Labute approximate surface area is 73.6 Å². The number of ether oxygens (including phenoxy) is 1. The maximum absolute atomic E-state index is 5.29. The van der Waals surface area contributed by atoms with Crippen LogP contribution in [0, 0.1) is 6.20 Å². The van der Waals surface area contributed by atoms with Gasteiger partial charge in [-0.15, -0.1) is 11.3 Å². The van der Waals surface area contributed by atoms with Gasteiger partial charge in [0.05, 0.1) is 0 Å². The van der Waals surface area contributed by atoms with Crippen LogP contribution in [-0.4, -0.2) is 5.16 Å². The maximum Gasteiger partial charge on any atom is 0.189 e. The number of rotatable bonds is 3. The van der Waals surface area contributed by atoms with E-state index in [-0.39, 0.29) is 0 Å². The van der Waals surface area contributed by atoms with Gasteiger partial charge in [0.1, 0.15) is 6.61 Å². The Kier molecular flexibility index (Phi) is 2.09. The molecule has 1 radical (unpaired) electrons. The molecule has 0 bridgehead atoms. The van der Waals surface area contributed by atoms with Gasteiger partial charge in [-0.3, -0.25) is 0 Å². The topological polar surface area (TPSA) is 35.3 Å². The maximum atomic E-state index is 5.29. The Hall–Kier alpha value is -1.29. The molecular formula is C8H6NO2S. The molecule has 0 aliphatic carbocycles. The van der Waals surface area contributed by atoms with Crippen molar-refractivity contribution in [1.29, 1.82) is 0 Å². The average molecular weight is 180 g/mol. The largest absolute Gasteiger partial charge is 0.482 e. The highest BCUT2D eigenvalue weighted by Gasteiger charge is 1.98. The first kappa shape index (κ1) is 7.36. The first-order chi connectivity index (χ1) is 5.95. The van der Waals surface area contributed by atoms with Crippen molar-refractivity contribution in [2.75, 3.05) is 0 Å². The summed E-state index contributed by atoms with van der Waals surface area (Å²) in [7, 11) is 0. The predicted molar refractivity (Wildman–Crippen MR) is 44.0 cm³/mol. The van der Waals surface area contributed by atoms with E-state index in [2.05, 4.69) is 15.9 Å². The molecule has 2 heterocycles. The van der Waals surface area contributed by atoms with Crippen LogP contribution in [0.3, 0.4) is 0 Å². The Morgan fingerprint density at radius 3 is 3.33 bits per heavy atom. The molecule has 3 nitrogen and oxygen atoms in total. The van der Waals surface area contributed by atoms with Crippen LogP contribution in [0.1, 0.15) is 4.88 Å². The molecule has 0 aliphatic heterocycles. The van der Waals surface area contributed by atoms with Crippen molar-refractivity contribution in [1.82, 2.24) is 5.16 Å². The number of thiophene rings is 1. The third-order valence-corrected chi connectivity index (χ3v) is 2.17. The summed E-state index contributed by atoms with van der Waals surface area (Å²) in [5.74, 6) is 0.545. The fraction of sp³-hybridized carbons (Fsp3) is 0.125. The zero-order valence-electron chi connectivity index (χ0n) is 6.19. The monoisotopic (exact) mass is 180 g/mol. The van der Waals surface area contributed by atoms with Crippen LogP contribution in [0.5, 0.6) is 5.75 Å². The van der Waals surface area contributed by atoms with Gasteiger partial charge >= 0.3 is 0 Å². The summed E-state index contributed by atoms with van der Waals surface area (Å²) < 4.78 is 9.85. The van der Waals surface area contributed by atoms with Crippen molar-refractivity contribution in [3.8, 4) is 5.75 Å². The van der Waals surface area contributed by atoms with Gasteiger partial charge in [-0.25, -0.2) is 0 Å². The lowest BCUT2D eigenvalue weighted by molar-refractivity contribution is 0.304. The summed E-state index contributed by atoms with van der Waals surface area (Å²) in [5, 5.41) is 5.41. The van der Waals surface area contributed by atoms with Crippen LogP contribution in [-0.2, 0) is 6.61 Å². The highest BCUT2D eigenvalue weighted by Crippen LogP contribution is 2.13. The molecule has 4 heteroatoms. The summed E-state index contributed by atoms with van der Waals surface area (Å²) >= 11 is 1.65. The molecular weight excluding hydrogens is 174 g/mol. The highest BCUT2D eigenvalue weighted by atomic mass is 32.1. The zero-order valence-corrected chi connectivity index (χ0v) is 7.00. The van der Waals surface area contributed by atoms with Crippen LogP contribution < -0.4 is 4.74 Å². The fourth-order valence-corrected chi connectivity index (χ4v) is 1.40. The minimum Gasteiger partial charge on any atom is -0.482 e. The summed E-state index contributed by atoms with van der Waals surface area (Å²) in [4.78, 5) is 1.17. The second-order valence-corrected chi connectivity index (χ2v) is 3.19. The van der Waals surface area contributed by atoms with E-state index in [1.165, 1.54) is 11.1 Å². The molecule has 0 fully saturated rings. The Bertz CT molecular complexity index is 280. The molecule has 0 saturated heterocycles. The molecule has 0 N–H and O–H groups in total. The average Bonchev–Trinajstić information content (AvgIpc) is 2.74. The molecule has 0 amide bonds. The first-order valence-corrected chi connectivity index (χ1v) is 4.30. The molecule has 2 aromatic heterocycles. The summed E-state index contributed by atoms with van der Waals surface area (Å²) in [6.45, 7) is 0.551. The van der Waals surface area contributed by atoms with Crippen LogP contribution in [0.4, 0.5) is 0 Å². The third-order valence-electron chi connectivity index (χ3n) is 1.32. The minimum atomic E-state index is 0.545. The van der Waals surface area contributed by atoms with Gasteiger partial charge in [-0.05, 0) is 11.4 Å². The zero-order chi connectivity index (χ0) is 8.23. The van der Waals surface area contributed by atoms with Gasteiger partial charge < -0.3 is 9.26 Å². The summed E-state index contributed by atoms with van der Waals surface area (Å²) in [5.41, 5.74) is 0. The quantitative estimate of drug-likeness (QED) is 0.725. The summed E-state index contributed by atoms with van der Waals surface area (Å²) in [6, 6.07) is 4.00. The van der Waals surface area contributed by atoms with Gasteiger partial charge in [0.15, 0.2) is 18.2 Å². The van der Waals surface area contributed by atoms with E-state index in [0.717, 1.165) is 0 Å². The van der Waals surface area contributed by atoms with Gasteiger partial charge in [-0.2, -0.15) is 0 Å². The van der Waals surface area contributed by atoms with E-state index in [9.17, 15) is 0 Å². The van der Waals surface area contributed by atoms with Crippen molar-refractivity contribution >= 4 is 11.3 Å².